The molecule has 96 valence electrons. The average Bonchev–Trinajstić information content (AvgIpc) is 2.29. The van der Waals surface area contributed by atoms with E-state index in [0.717, 1.165) is 17.9 Å². The van der Waals surface area contributed by atoms with Gasteiger partial charge in [0.25, 0.3) is 0 Å². The highest BCUT2D eigenvalue weighted by Gasteiger charge is 2.20. The van der Waals surface area contributed by atoms with Crippen molar-refractivity contribution in [1.29, 1.82) is 0 Å². The molecule has 0 aliphatic rings. The summed E-state index contributed by atoms with van der Waals surface area (Å²) in [5.41, 5.74) is 2.48. The molecule has 0 saturated carbocycles. The van der Waals surface area contributed by atoms with Crippen LogP contribution < -0.4 is 10.1 Å². The Kier molecular flexibility index (Phi) is 4.97. The Bertz CT molecular complexity index is 361. The minimum atomic E-state index is 0.0478. The third-order valence-corrected chi connectivity index (χ3v) is 3.03. The van der Waals surface area contributed by atoms with Crippen LogP contribution in [0.1, 0.15) is 25.0 Å². The van der Waals surface area contributed by atoms with Gasteiger partial charge in [0, 0.05) is 18.5 Å². The fourth-order valence-corrected chi connectivity index (χ4v) is 1.88. The van der Waals surface area contributed by atoms with Crippen molar-refractivity contribution in [3.05, 3.63) is 29.3 Å². The van der Waals surface area contributed by atoms with Crippen LogP contribution in [0.25, 0.3) is 0 Å². The maximum absolute atomic E-state index is 8.77. The number of aliphatic hydroxyl groups excluding tert-OH is 1. The van der Waals surface area contributed by atoms with Crippen molar-refractivity contribution in [3.63, 3.8) is 0 Å². The molecule has 0 aromatic heterocycles. The first-order chi connectivity index (χ1) is 8.01. The van der Waals surface area contributed by atoms with Gasteiger partial charge >= 0.3 is 0 Å². The van der Waals surface area contributed by atoms with Gasteiger partial charge in [0.1, 0.15) is 5.75 Å². The van der Waals surface area contributed by atoms with E-state index in [2.05, 4.69) is 38.2 Å². The molecule has 0 fully saturated rings. The summed E-state index contributed by atoms with van der Waals surface area (Å²) < 4.78 is 5.26. The van der Waals surface area contributed by atoms with E-state index in [1.165, 1.54) is 5.56 Å². The summed E-state index contributed by atoms with van der Waals surface area (Å²) in [6.07, 6.45) is 0. The lowest BCUT2D eigenvalue weighted by Gasteiger charge is -2.26. The number of aliphatic hydroxyl groups is 1. The SMILES string of the molecule is COc1ccc(C(C)(C)CNCCO)cc1C. The van der Waals surface area contributed by atoms with E-state index in [1.807, 2.05) is 6.07 Å². The Morgan fingerprint density at radius 1 is 1.35 bits per heavy atom. The first-order valence-corrected chi connectivity index (χ1v) is 5.98. The van der Waals surface area contributed by atoms with E-state index in [-0.39, 0.29) is 12.0 Å². The van der Waals surface area contributed by atoms with Gasteiger partial charge in [-0.15, -0.1) is 0 Å². The summed E-state index contributed by atoms with van der Waals surface area (Å²) in [6, 6.07) is 6.28. The van der Waals surface area contributed by atoms with Gasteiger partial charge in [-0.25, -0.2) is 0 Å². The van der Waals surface area contributed by atoms with Crippen LogP contribution in [-0.4, -0.2) is 31.9 Å². The number of rotatable bonds is 6. The van der Waals surface area contributed by atoms with Crippen molar-refractivity contribution in [2.45, 2.75) is 26.2 Å². The lowest BCUT2D eigenvalue weighted by molar-refractivity contribution is 0.286. The molecule has 0 unspecified atom stereocenters. The van der Waals surface area contributed by atoms with Crippen molar-refractivity contribution in [2.24, 2.45) is 0 Å². The van der Waals surface area contributed by atoms with Crippen molar-refractivity contribution in [1.82, 2.24) is 5.32 Å². The summed E-state index contributed by atoms with van der Waals surface area (Å²) in [4.78, 5) is 0. The van der Waals surface area contributed by atoms with Crippen LogP contribution in [0.5, 0.6) is 5.75 Å². The quantitative estimate of drug-likeness (QED) is 0.742. The lowest BCUT2D eigenvalue weighted by atomic mass is 9.84. The molecule has 0 amide bonds. The summed E-state index contributed by atoms with van der Waals surface area (Å²) >= 11 is 0. The molecule has 1 rings (SSSR count). The average molecular weight is 237 g/mol. The Labute approximate surface area is 104 Å². The Morgan fingerprint density at radius 2 is 2.06 bits per heavy atom. The van der Waals surface area contributed by atoms with Crippen LogP contribution in [0, 0.1) is 6.92 Å². The predicted octanol–water partition coefficient (Wildman–Crippen LogP) is 1.86. The van der Waals surface area contributed by atoms with Crippen LogP contribution in [0.15, 0.2) is 18.2 Å². The van der Waals surface area contributed by atoms with Crippen molar-refractivity contribution < 1.29 is 9.84 Å². The van der Waals surface area contributed by atoms with E-state index in [0.29, 0.717) is 6.54 Å². The molecule has 0 spiro atoms. The largest absolute Gasteiger partial charge is 0.496 e. The molecule has 1 aromatic carbocycles. The Hall–Kier alpha value is -1.06. The fourth-order valence-electron chi connectivity index (χ4n) is 1.88. The second-order valence-corrected chi connectivity index (χ2v) is 4.97. The van der Waals surface area contributed by atoms with E-state index in [4.69, 9.17) is 9.84 Å². The monoisotopic (exact) mass is 237 g/mol. The number of benzene rings is 1. The summed E-state index contributed by atoms with van der Waals surface area (Å²) in [6.45, 7) is 8.10. The van der Waals surface area contributed by atoms with Gasteiger partial charge in [-0.3, -0.25) is 0 Å². The van der Waals surface area contributed by atoms with Crippen molar-refractivity contribution in [2.75, 3.05) is 26.8 Å². The van der Waals surface area contributed by atoms with Crippen LogP contribution >= 0.6 is 0 Å². The third kappa shape index (κ3) is 3.72. The summed E-state index contributed by atoms with van der Waals surface area (Å²) in [7, 11) is 1.69. The molecule has 0 heterocycles. The molecule has 0 bridgehead atoms. The highest BCUT2D eigenvalue weighted by molar-refractivity contribution is 5.39. The molecular formula is C14H23NO2. The molecule has 0 aliphatic heterocycles. The molecule has 0 atom stereocenters. The molecule has 3 heteroatoms. The standard InChI is InChI=1S/C14H23NO2/c1-11-9-12(5-6-13(11)17-4)14(2,3)10-15-7-8-16/h5-6,9,15-16H,7-8,10H2,1-4H3. The van der Waals surface area contributed by atoms with Crippen LogP contribution in [0.3, 0.4) is 0 Å². The van der Waals surface area contributed by atoms with Crippen LogP contribution in [-0.2, 0) is 5.41 Å². The molecule has 3 nitrogen and oxygen atoms in total. The Balaban J connectivity index is 2.80. The summed E-state index contributed by atoms with van der Waals surface area (Å²) in [5, 5.41) is 12.0. The normalized spacial score (nSPS) is 11.6. The molecule has 1 aromatic rings. The van der Waals surface area contributed by atoms with Gasteiger partial charge in [0.15, 0.2) is 0 Å². The first-order valence-electron chi connectivity index (χ1n) is 5.98. The first kappa shape index (κ1) is 14.0. The van der Waals surface area contributed by atoms with Gasteiger partial charge in [-0.2, -0.15) is 0 Å². The number of methoxy groups -OCH3 is 1. The maximum atomic E-state index is 8.77. The van der Waals surface area contributed by atoms with E-state index < -0.39 is 0 Å². The molecule has 0 saturated heterocycles. The summed E-state index contributed by atoms with van der Waals surface area (Å²) in [5.74, 6) is 0.924. The van der Waals surface area contributed by atoms with Gasteiger partial charge < -0.3 is 15.2 Å². The predicted molar refractivity (Wildman–Crippen MR) is 70.7 cm³/mol. The molecular weight excluding hydrogens is 214 g/mol. The zero-order valence-corrected chi connectivity index (χ0v) is 11.2. The number of aryl methyl sites for hydroxylation is 1. The van der Waals surface area contributed by atoms with Crippen molar-refractivity contribution >= 4 is 0 Å². The van der Waals surface area contributed by atoms with E-state index in [1.54, 1.807) is 7.11 Å². The molecule has 0 aliphatic carbocycles. The number of hydrogen-bond donors (Lipinski definition) is 2. The second kappa shape index (κ2) is 6.03. The zero-order chi connectivity index (χ0) is 12.9. The number of nitrogens with one attached hydrogen (secondary N) is 1. The highest BCUT2D eigenvalue weighted by atomic mass is 16.5. The smallest absolute Gasteiger partial charge is 0.121 e. The topological polar surface area (TPSA) is 41.5 Å². The van der Waals surface area contributed by atoms with E-state index in [9.17, 15) is 0 Å². The third-order valence-electron chi connectivity index (χ3n) is 3.03. The van der Waals surface area contributed by atoms with Crippen molar-refractivity contribution in [3.8, 4) is 5.75 Å². The van der Waals surface area contributed by atoms with Crippen LogP contribution in [0.2, 0.25) is 0 Å². The maximum Gasteiger partial charge on any atom is 0.121 e. The van der Waals surface area contributed by atoms with E-state index >= 15 is 0 Å². The zero-order valence-electron chi connectivity index (χ0n) is 11.2. The lowest BCUT2D eigenvalue weighted by Crippen LogP contribution is -2.34. The van der Waals surface area contributed by atoms with Gasteiger partial charge in [0.05, 0.1) is 13.7 Å². The molecule has 0 radical (unpaired) electrons. The van der Waals surface area contributed by atoms with Gasteiger partial charge in [-0.1, -0.05) is 26.0 Å². The fraction of sp³-hybridized carbons (Fsp3) is 0.571. The highest BCUT2D eigenvalue weighted by Crippen LogP contribution is 2.27. The second-order valence-electron chi connectivity index (χ2n) is 4.97. The minimum Gasteiger partial charge on any atom is -0.496 e. The molecule has 17 heavy (non-hydrogen) atoms. The Morgan fingerprint density at radius 3 is 2.59 bits per heavy atom. The van der Waals surface area contributed by atoms with Gasteiger partial charge in [-0.05, 0) is 24.1 Å². The number of hydrogen-bond acceptors (Lipinski definition) is 3. The molecule has 2 N–H and O–H groups in total. The minimum absolute atomic E-state index is 0.0478. The van der Waals surface area contributed by atoms with Crippen LogP contribution in [0.4, 0.5) is 0 Å². The van der Waals surface area contributed by atoms with Gasteiger partial charge in [0.2, 0.25) is 0 Å². The number of ether oxygens (including phenoxy) is 1.